The molecule has 0 radical (unpaired) electrons. The Labute approximate surface area is 388 Å². The van der Waals surface area contributed by atoms with Crippen LogP contribution in [-0.2, 0) is 40.8 Å². The molecule has 0 fully saturated rings. The van der Waals surface area contributed by atoms with Gasteiger partial charge in [0, 0.05) is 44.6 Å². The second-order valence-corrected chi connectivity index (χ2v) is 18.4. The highest BCUT2D eigenvalue weighted by atomic mass is 32.2. The van der Waals surface area contributed by atoms with Gasteiger partial charge in [0.15, 0.2) is 0 Å². The molecule has 0 aliphatic heterocycles. The quantitative estimate of drug-likeness (QED) is 0.109. The Hall–Kier alpha value is -7.76. The molecule has 0 bridgehead atoms. The molecule has 14 nitrogen and oxygen atoms in total. The third-order valence-electron chi connectivity index (χ3n) is 10.8. The van der Waals surface area contributed by atoms with Gasteiger partial charge in [-0.2, -0.15) is 0 Å². The van der Waals surface area contributed by atoms with Crippen molar-refractivity contribution in [1.82, 2.24) is 29.2 Å². The maximum atomic E-state index is 10.4. The van der Waals surface area contributed by atoms with Gasteiger partial charge in [0.2, 0.25) is 0 Å². The summed E-state index contributed by atoms with van der Waals surface area (Å²) in [5.41, 5.74) is 9.85. The van der Waals surface area contributed by atoms with Gasteiger partial charge in [-0.05, 0) is 38.1 Å². The van der Waals surface area contributed by atoms with Crippen molar-refractivity contribution in [1.29, 1.82) is 0 Å². The Morgan fingerprint density at radius 2 is 0.746 bits per heavy atom. The Balaban J connectivity index is 0.000000227. The average molecular weight is 929 g/mol. The van der Waals surface area contributed by atoms with Crippen LogP contribution in [0.2, 0.25) is 0 Å². The number of benzene rings is 6. The van der Waals surface area contributed by atoms with Gasteiger partial charge in [-0.25, -0.2) is 26.0 Å². The SMILES string of the molecule is C[n+]1c(Cc2nn3c(-c4ccccc4)cc(-c4ccccc4)nc3[n+]2C)nn2c(-c3ccccc3)cc(-c3ccccc3)nc21.Cc1ccc(S(=O)(=O)[O-])cc1.Cc1ccc(S(=O)(=O)[O-])cc1. The molecule has 0 spiro atoms. The normalized spacial score (nSPS) is 11.4. The summed E-state index contributed by atoms with van der Waals surface area (Å²) in [6, 6.07) is 57.0. The van der Waals surface area contributed by atoms with Crippen molar-refractivity contribution in [2.75, 3.05) is 0 Å². The molecule has 4 aromatic heterocycles. The summed E-state index contributed by atoms with van der Waals surface area (Å²) in [6.07, 6.45) is 0.490. The molecule has 336 valence electrons. The van der Waals surface area contributed by atoms with E-state index in [9.17, 15) is 25.9 Å². The largest absolute Gasteiger partial charge is 0.744 e. The highest BCUT2D eigenvalue weighted by Crippen LogP contribution is 2.27. The maximum absolute atomic E-state index is 10.4. The zero-order valence-corrected chi connectivity index (χ0v) is 38.5. The van der Waals surface area contributed by atoms with E-state index in [-0.39, 0.29) is 9.79 Å². The zero-order chi connectivity index (χ0) is 47.3. The monoisotopic (exact) mass is 928 g/mol. The molecule has 0 amide bonds. The lowest BCUT2D eigenvalue weighted by atomic mass is 10.1. The summed E-state index contributed by atoms with van der Waals surface area (Å²) in [5, 5.41) is 10.2. The summed E-state index contributed by atoms with van der Waals surface area (Å²) in [6.45, 7) is 3.64. The third-order valence-corrected chi connectivity index (χ3v) is 12.5. The minimum absolute atomic E-state index is 0.178. The number of nitrogens with zero attached hydrogens (tertiary/aromatic N) is 8. The van der Waals surface area contributed by atoms with Crippen LogP contribution in [0.15, 0.2) is 192 Å². The zero-order valence-electron chi connectivity index (χ0n) is 36.9. The predicted molar refractivity (Wildman–Crippen MR) is 251 cm³/mol. The maximum Gasteiger partial charge on any atom is 0.387 e. The third kappa shape index (κ3) is 10.5. The van der Waals surface area contributed by atoms with Gasteiger partial charge in [-0.15, -0.1) is 9.97 Å². The smallest absolute Gasteiger partial charge is 0.387 e. The van der Waals surface area contributed by atoms with Gasteiger partial charge in [0.05, 0.1) is 23.9 Å². The van der Waals surface area contributed by atoms with E-state index in [1.54, 1.807) is 24.3 Å². The summed E-state index contributed by atoms with van der Waals surface area (Å²) in [7, 11) is -4.50. The summed E-state index contributed by atoms with van der Waals surface area (Å²) in [4.78, 5) is 9.80. The molecule has 0 N–H and O–H groups in total. The van der Waals surface area contributed by atoms with Gasteiger partial charge in [0.25, 0.3) is 11.6 Å². The lowest BCUT2D eigenvalue weighted by Gasteiger charge is -2.05. The number of hydrogen-bond donors (Lipinski definition) is 0. The van der Waals surface area contributed by atoms with Gasteiger partial charge >= 0.3 is 11.6 Å². The molecule has 10 rings (SSSR count). The fourth-order valence-electron chi connectivity index (χ4n) is 7.20. The van der Waals surface area contributed by atoms with E-state index < -0.39 is 20.2 Å². The van der Waals surface area contributed by atoms with E-state index >= 15 is 0 Å². The molecular weight excluding hydrogens is 885 g/mol. The molecule has 0 saturated heterocycles. The van der Waals surface area contributed by atoms with Crippen LogP contribution >= 0.6 is 0 Å². The van der Waals surface area contributed by atoms with E-state index in [4.69, 9.17) is 20.2 Å². The number of fused-ring (bicyclic) bond motifs is 2. The fraction of sp³-hybridized carbons (Fsp3) is 0.0980. The first-order chi connectivity index (χ1) is 32.1. The molecular formula is C51H44N8O6S2. The van der Waals surface area contributed by atoms with Gasteiger partial charge in [-0.3, -0.25) is 0 Å². The van der Waals surface area contributed by atoms with Crippen molar-refractivity contribution in [3.8, 4) is 45.0 Å². The summed E-state index contributed by atoms with van der Waals surface area (Å²) < 4.78 is 70.3. The first-order valence-electron chi connectivity index (χ1n) is 21.0. The standard InChI is InChI=1S/C37H30N8.2C7H8O3S/c1-42-34(40-44-32(28-19-11-5-12-20-28)23-30(38-36(42)44)26-15-7-3-8-16-26)25-35-41-45-33(29-21-13-6-14-22-29)24-31(39-37(45)43(35)2)27-17-9-4-10-18-27;2*1-6-2-4-7(5-3-6)11(8,9)10/h3-24H,25H2,1-2H3;2*2-5H,1H3,(H,8,9,10)/q+2;;/p-2. The first-order valence-corrected chi connectivity index (χ1v) is 23.8. The summed E-state index contributed by atoms with van der Waals surface area (Å²) >= 11 is 0. The van der Waals surface area contributed by atoms with E-state index in [0.717, 1.165) is 79.4 Å². The van der Waals surface area contributed by atoms with Gasteiger partial charge < -0.3 is 9.11 Å². The molecule has 0 aliphatic carbocycles. The predicted octanol–water partition coefficient (Wildman–Crippen LogP) is 7.48. The highest BCUT2D eigenvalue weighted by Gasteiger charge is 2.29. The highest BCUT2D eigenvalue weighted by molar-refractivity contribution is 7.86. The first kappa shape index (κ1) is 45.8. The average Bonchev–Trinajstić information content (AvgIpc) is 3.83. The van der Waals surface area contributed by atoms with Crippen molar-refractivity contribution in [3.63, 3.8) is 0 Å². The minimum Gasteiger partial charge on any atom is -0.744 e. The number of rotatable bonds is 8. The molecule has 6 aromatic carbocycles. The van der Waals surface area contributed by atoms with Crippen LogP contribution in [-0.4, -0.2) is 55.1 Å². The molecule has 0 saturated carbocycles. The second-order valence-electron chi connectivity index (χ2n) is 15.6. The number of aryl methyl sites for hydroxylation is 4. The second kappa shape index (κ2) is 19.4. The van der Waals surface area contributed by atoms with E-state index in [1.165, 1.54) is 24.3 Å². The molecule has 10 aromatic rings. The van der Waals surface area contributed by atoms with E-state index in [0.29, 0.717) is 6.42 Å². The van der Waals surface area contributed by atoms with Gasteiger partial charge in [-0.1, -0.05) is 166 Å². The number of hydrogen-bond acceptors (Lipinski definition) is 10. The Morgan fingerprint density at radius 1 is 0.448 bits per heavy atom. The molecule has 0 atom stereocenters. The molecule has 16 heteroatoms. The topological polar surface area (TPSA) is 183 Å². The molecule has 0 aliphatic rings. The Morgan fingerprint density at radius 3 is 1.04 bits per heavy atom. The van der Waals surface area contributed by atoms with Gasteiger partial charge in [0.1, 0.15) is 49.4 Å². The molecule has 67 heavy (non-hydrogen) atoms. The number of aromatic nitrogens is 8. The van der Waals surface area contributed by atoms with Crippen LogP contribution in [0.4, 0.5) is 0 Å². The van der Waals surface area contributed by atoms with Crippen LogP contribution in [0.3, 0.4) is 0 Å². The van der Waals surface area contributed by atoms with Crippen molar-refractivity contribution in [2.24, 2.45) is 14.1 Å². The lowest BCUT2D eigenvalue weighted by Crippen LogP contribution is -2.37. The van der Waals surface area contributed by atoms with E-state index in [1.807, 2.05) is 110 Å². The van der Waals surface area contributed by atoms with Crippen LogP contribution < -0.4 is 9.13 Å². The lowest BCUT2D eigenvalue weighted by molar-refractivity contribution is -0.668. The van der Waals surface area contributed by atoms with Crippen molar-refractivity contribution in [3.05, 3.63) is 205 Å². The minimum atomic E-state index is -4.27. The van der Waals surface area contributed by atoms with E-state index in [2.05, 4.69) is 69.8 Å². The summed E-state index contributed by atoms with van der Waals surface area (Å²) in [5.74, 6) is 3.19. The molecule has 4 heterocycles. The van der Waals surface area contributed by atoms with Crippen LogP contribution in [0.1, 0.15) is 22.8 Å². The Bertz CT molecular complexity index is 3320. The van der Waals surface area contributed by atoms with Crippen molar-refractivity contribution in [2.45, 2.75) is 30.1 Å². The van der Waals surface area contributed by atoms with Crippen molar-refractivity contribution >= 4 is 31.8 Å². The van der Waals surface area contributed by atoms with Crippen LogP contribution in [0.25, 0.3) is 56.6 Å². The Kier molecular flexibility index (Phi) is 13.2. The van der Waals surface area contributed by atoms with Crippen molar-refractivity contribution < 1.29 is 35.1 Å². The fourth-order valence-corrected chi connectivity index (χ4v) is 8.14. The van der Waals surface area contributed by atoms with Crippen LogP contribution in [0, 0.1) is 13.8 Å². The van der Waals surface area contributed by atoms with Crippen LogP contribution in [0.5, 0.6) is 0 Å². The molecule has 0 unspecified atom stereocenters.